The van der Waals surface area contributed by atoms with Crippen LogP contribution in [0.15, 0.2) is 35.1 Å². The summed E-state index contributed by atoms with van der Waals surface area (Å²) in [4.78, 5) is 21.4. The number of fused-ring (bicyclic) bond motifs is 2. The maximum atomic E-state index is 13.1. The first-order valence-electron chi connectivity index (χ1n) is 8.34. The molecular formula is C18H20FN3O2. The van der Waals surface area contributed by atoms with E-state index in [-0.39, 0.29) is 11.7 Å². The van der Waals surface area contributed by atoms with Crippen molar-refractivity contribution in [2.45, 2.75) is 31.3 Å². The van der Waals surface area contributed by atoms with Gasteiger partial charge in [0, 0.05) is 30.7 Å². The molecule has 2 bridgehead atoms. The van der Waals surface area contributed by atoms with Crippen molar-refractivity contribution in [2.24, 2.45) is 0 Å². The average Bonchev–Trinajstić information content (AvgIpc) is 3.13. The van der Waals surface area contributed by atoms with Gasteiger partial charge in [0.2, 0.25) is 0 Å². The molecule has 2 aromatic rings. The Morgan fingerprint density at radius 2 is 1.96 bits per heavy atom. The van der Waals surface area contributed by atoms with Gasteiger partial charge in [-0.25, -0.2) is 9.37 Å². The van der Waals surface area contributed by atoms with Gasteiger partial charge in [0.1, 0.15) is 5.82 Å². The van der Waals surface area contributed by atoms with E-state index in [4.69, 9.17) is 4.42 Å². The molecule has 2 atom stereocenters. The van der Waals surface area contributed by atoms with E-state index < -0.39 is 0 Å². The molecule has 2 saturated heterocycles. The highest BCUT2D eigenvalue weighted by Crippen LogP contribution is 2.30. The molecule has 0 N–H and O–H groups in total. The van der Waals surface area contributed by atoms with E-state index in [2.05, 4.69) is 16.9 Å². The molecule has 1 aromatic heterocycles. The Morgan fingerprint density at radius 3 is 2.75 bits per heavy atom. The molecule has 1 amide bonds. The minimum Gasteiger partial charge on any atom is -0.443 e. The van der Waals surface area contributed by atoms with Crippen LogP contribution in [0.25, 0.3) is 11.3 Å². The Morgan fingerprint density at radius 1 is 1.21 bits per heavy atom. The topological polar surface area (TPSA) is 49.6 Å². The van der Waals surface area contributed by atoms with Gasteiger partial charge in [-0.05, 0) is 50.6 Å². The average molecular weight is 329 g/mol. The largest absolute Gasteiger partial charge is 0.443 e. The minimum absolute atomic E-state index is 0.107. The standard InChI is InChI=1S/C18H20FN3O2/c1-21-14-6-7-15(21)10-22(9-8-14)18(23)16-17(24-11-20-16)12-2-4-13(19)5-3-12/h2-5,11,14-15H,6-10H2,1H3. The number of oxazole rings is 1. The summed E-state index contributed by atoms with van der Waals surface area (Å²) in [5, 5.41) is 0. The number of benzene rings is 1. The molecule has 1 aromatic carbocycles. The molecule has 6 heteroatoms. The van der Waals surface area contributed by atoms with Gasteiger partial charge in [-0.1, -0.05) is 0 Å². The van der Waals surface area contributed by atoms with Crippen LogP contribution in [0.1, 0.15) is 29.8 Å². The Bertz CT molecular complexity index is 743. The fourth-order valence-electron chi connectivity index (χ4n) is 3.85. The number of likely N-dealkylation sites (tertiary alicyclic amines) is 1. The second-order valence-electron chi connectivity index (χ2n) is 6.63. The van der Waals surface area contributed by atoms with Gasteiger partial charge >= 0.3 is 0 Å². The number of hydrogen-bond acceptors (Lipinski definition) is 4. The van der Waals surface area contributed by atoms with Crippen molar-refractivity contribution in [2.75, 3.05) is 20.1 Å². The van der Waals surface area contributed by atoms with Gasteiger partial charge in [-0.15, -0.1) is 0 Å². The SMILES string of the molecule is CN1C2CCC1CN(C(=O)c1ncoc1-c1ccc(F)cc1)CC2. The monoisotopic (exact) mass is 329 g/mol. The fraction of sp³-hybridized carbons (Fsp3) is 0.444. The summed E-state index contributed by atoms with van der Waals surface area (Å²) in [5.74, 6) is -0.0236. The van der Waals surface area contributed by atoms with Crippen LogP contribution < -0.4 is 0 Å². The third kappa shape index (κ3) is 2.60. The number of halogens is 1. The molecule has 24 heavy (non-hydrogen) atoms. The van der Waals surface area contributed by atoms with Crippen LogP contribution in [0.2, 0.25) is 0 Å². The molecule has 126 valence electrons. The molecule has 0 aliphatic carbocycles. The lowest BCUT2D eigenvalue weighted by Gasteiger charge is -2.25. The summed E-state index contributed by atoms with van der Waals surface area (Å²) in [6.07, 6.45) is 4.62. The summed E-state index contributed by atoms with van der Waals surface area (Å²) in [7, 11) is 2.15. The van der Waals surface area contributed by atoms with Crippen molar-refractivity contribution in [1.29, 1.82) is 0 Å². The number of amides is 1. The zero-order chi connectivity index (χ0) is 16.7. The lowest BCUT2D eigenvalue weighted by Crippen LogP contribution is -2.40. The molecule has 0 saturated carbocycles. The van der Waals surface area contributed by atoms with Gasteiger partial charge in [-0.2, -0.15) is 0 Å². The molecule has 4 rings (SSSR count). The third-order valence-corrected chi connectivity index (χ3v) is 5.31. The first kappa shape index (κ1) is 15.3. The molecule has 2 unspecified atom stereocenters. The molecular weight excluding hydrogens is 309 g/mol. The highest BCUT2D eigenvalue weighted by molar-refractivity contribution is 5.97. The van der Waals surface area contributed by atoms with Crippen LogP contribution in [0.4, 0.5) is 4.39 Å². The third-order valence-electron chi connectivity index (χ3n) is 5.31. The number of carbonyl (C=O) groups is 1. The summed E-state index contributed by atoms with van der Waals surface area (Å²) in [6.45, 7) is 1.46. The van der Waals surface area contributed by atoms with E-state index in [1.807, 2.05) is 4.90 Å². The van der Waals surface area contributed by atoms with E-state index >= 15 is 0 Å². The molecule has 0 radical (unpaired) electrons. The molecule has 5 nitrogen and oxygen atoms in total. The predicted molar refractivity (Wildman–Crippen MR) is 87.0 cm³/mol. The predicted octanol–water partition coefficient (Wildman–Crippen LogP) is 2.79. The van der Waals surface area contributed by atoms with Crippen molar-refractivity contribution >= 4 is 5.91 Å². The van der Waals surface area contributed by atoms with Crippen molar-refractivity contribution in [1.82, 2.24) is 14.8 Å². The van der Waals surface area contributed by atoms with Crippen LogP contribution >= 0.6 is 0 Å². The van der Waals surface area contributed by atoms with Gasteiger partial charge in [0.15, 0.2) is 17.8 Å². The van der Waals surface area contributed by atoms with Crippen molar-refractivity contribution in [3.8, 4) is 11.3 Å². The van der Waals surface area contributed by atoms with Crippen LogP contribution in [0.5, 0.6) is 0 Å². The Balaban J connectivity index is 1.59. The Kier molecular flexibility index (Phi) is 3.84. The number of likely N-dealkylation sites (N-methyl/N-ethyl adjacent to an activating group) is 1. The number of rotatable bonds is 2. The maximum Gasteiger partial charge on any atom is 0.276 e. The molecule has 0 spiro atoms. The summed E-state index contributed by atoms with van der Waals surface area (Å²) in [6, 6.07) is 6.90. The van der Waals surface area contributed by atoms with Gasteiger partial charge in [0.05, 0.1) is 0 Å². The zero-order valence-electron chi connectivity index (χ0n) is 13.6. The normalized spacial score (nSPS) is 24.2. The quantitative estimate of drug-likeness (QED) is 0.850. The lowest BCUT2D eigenvalue weighted by molar-refractivity contribution is 0.0735. The van der Waals surface area contributed by atoms with Crippen LogP contribution in [-0.2, 0) is 0 Å². The van der Waals surface area contributed by atoms with E-state index in [0.717, 1.165) is 25.9 Å². The van der Waals surface area contributed by atoms with E-state index in [9.17, 15) is 9.18 Å². The van der Waals surface area contributed by atoms with Crippen LogP contribution in [-0.4, -0.2) is 52.9 Å². The Labute approximate surface area is 140 Å². The Hall–Kier alpha value is -2.21. The summed E-state index contributed by atoms with van der Waals surface area (Å²) < 4.78 is 18.5. The second kappa shape index (κ2) is 6.02. The number of hydrogen-bond donors (Lipinski definition) is 0. The smallest absolute Gasteiger partial charge is 0.276 e. The highest BCUT2D eigenvalue weighted by atomic mass is 19.1. The number of carbonyl (C=O) groups excluding carboxylic acids is 1. The fourth-order valence-corrected chi connectivity index (χ4v) is 3.85. The van der Waals surface area contributed by atoms with Crippen LogP contribution in [0.3, 0.4) is 0 Å². The maximum absolute atomic E-state index is 13.1. The minimum atomic E-state index is -0.322. The van der Waals surface area contributed by atoms with Gasteiger partial charge < -0.3 is 9.32 Å². The molecule has 2 fully saturated rings. The van der Waals surface area contributed by atoms with Crippen molar-refractivity contribution in [3.63, 3.8) is 0 Å². The van der Waals surface area contributed by atoms with Crippen molar-refractivity contribution in [3.05, 3.63) is 42.2 Å². The van der Waals surface area contributed by atoms with E-state index in [1.54, 1.807) is 12.1 Å². The number of nitrogens with zero attached hydrogens (tertiary/aromatic N) is 3. The summed E-state index contributed by atoms with van der Waals surface area (Å²) in [5.41, 5.74) is 0.966. The zero-order valence-corrected chi connectivity index (χ0v) is 13.6. The van der Waals surface area contributed by atoms with Gasteiger partial charge in [-0.3, -0.25) is 9.69 Å². The molecule has 2 aliphatic heterocycles. The first-order valence-corrected chi connectivity index (χ1v) is 8.34. The second-order valence-corrected chi connectivity index (χ2v) is 6.63. The highest BCUT2D eigenvalue weighted by Gasteiger charge is 2.37. The van der Waals surface area contributed by atoms with Crippen molar-refractivity contribution < 1.29 is 13.6 Å². The number of aromatic nitrogens is 1. The van der Waals surface area contributed by atoms with E-state index in [0.29, 0.717) is 29.1 Å². The first-order chi connectivity index (χ1) is 11.6. The van der Waals surface area contributed by atoms with Gasteiger partial charge in [0.25, 0.3) is 5.91 Å². The lowest BCUT2D eigenvalue weighted by atomic mass is 10.1. The summed E-state index contributed by atoms with van der Waals surface area (Å²) >= 11 is 0. The molecule has 3 heterocycles. The van der Waals surface area contributed by atoms with Crippen LogP contribution in [0, 0.1) is 5.82 Å². The molecule has 2 aliphatic rings. The van der Waals surface area contributed by atoms with E-state index in [1.165, 1.54) is 24.9 Å².